The SMILES string of the molecule is CN1C(=O)C(I)N(CP(=O)(O)O)C1=O. The van der Waals surface area contributed by atoms with E-state index in [1.807, 2.05) is 0 Å². The van der Waals surface area contributed by atoms with Crippen molar-refractivity contribution in [3.63, 3.8) is 0 Å². The van der Waals surface area contributed by atoms with Crippen LogP contribution in [0.3, 0.4) is 0 Å². The Morgan fingerprint density at radius 3 is 2.29 bits per heavy atom. The topological polar surface area (TPSA) is 98.2 Å². The smallest absolute Gasteiger partial charge is 0.323 e. The van der Waals surface area contributed by atoms with E-state index in [1.54, 1.807) is 22.6 Å². The maximum atomic E-state index is 11.3. The first-order valence-electron chi connectivity index (χ1n) is 3.51. The molecule has 1 unspecified atom stereocenters. The second kappa shape index (κ2) is 3.76. The summed E-state index contributed by atoms with van der Waals surface area (Å²) in [5, 5.41) is 0. The number of carbonyl (C=O) groups is 2. The minimum atomic E-state index is -4.32. The maximum absolute atomic E-state index is 11.3. The fourth-order valence-corrected chi connectivity index (χ4v) is 2.85. The summed E-state index contributed by atoms with van der Waals surface area (Å²) in [6, 6.07) is -0.683. The first-order chi connectivity index (χ1) is 6.24. The lowest BCUT2D eigenvalue weighted by molar-refractivity contribution is -0.124. The minimum absolute atomic E-state index is 0.468. The van der Waals surface area contributed by atoms with Crippen LogP contribution < -0.4 is 0 Å². The van der Waals surface area contributed by atoms with Gasteiger partial charge in [-0.2, -0.15) is 0 Å². The van der Waals surface area contributed by atoms with Crippen LogP contribution in [0.2, 0.25) is 0 Å². The van der Waals surface area contributed by atoms with E-state index in [4.69, 9.17) is 9.79 Å². The molecule has 1 aliphatic rings. The van der Waals surface area contributed by atoms with Crippen molar-refractivity contribution in [3.05, 3.63) is 0 Å². The van der Waals surface area contributed by atoms with Gasteiger partial charge in [0.15, 0.2) is 4.05 Å². The van der Waals surface area contributed by atoms with Gasteiger partial charge in [-0.25, -0.2) is 4.79 Å². The minimum Gasteiger partial charge on any atom is -0.323 e. The van der Waals surface area contributed by atoms with Crippen molar-refractivity contribution in [2.24, 2.45) is 0 Å². The van der Waals surface area contributed by atoms with Crippen LogP contribution in [0.1, 0.15) is 0 Å². The van der Waals surface area contributed by atoms with Gasteiger partial charge in [0.05, 0.1) is 0 Å². The molecule has 0 aromatic heterocycles. The number of amides is 3. The highest BCUT2D eigenvalue weighted by molar-refractivity contribution is 14.1. The molecular formula is C5H8IN2O5P. The standard InChI is InChI=1S/C5H8IN2O5P/c1-7-4(9)3(6)8(5(7)10)2-14(11,12)13/h3H,2H2,1H3,(H2,11,12,13). The molecule has 3 amide bonds. The van der Waals surface area contributed by atoms with Crippen LogP contribution in [0.5, 0.6) is 0 Å². The van der Waals surface area contributed by atoms with Gasteiger partial charge in [0, 0.05) is 7.05 Å². The fourth-order valence-electron chi connectivity index (χ4n) is 1.01. The zero-order valence-corrected chi connectivity index (χ0v) is 10.2. The molecule has 14 heavy (non-hydrogen) atoms. The first kappa shape index (κ1) is 11.9. The summed E-state index contributed by atoms with van der Waals surface area (Å²) in [4.78, 5) is 41.5. The molecule has 1 saturated heterocycles. The van der Waals surface area contributed by atoms with E-state index in [0.29, 0.717) is 0 Å². The van der Waals surface area contributed by atoms with Crippen molar-refractivity contribution in [3.8, 4) is 0 Å². The quantitative estimate of drug-likeness (QED) is 0.239. The molecule has 1 rings (SSSR count). The molecule has 0 bridgehead atoms. The Bertz CT molecular complexity index is 328. The van der Waals surface area contributed by atoms with Crippen molar-refractivity contribution in [1.29, 1.82) is 0 Å². The van der Waals surface area contributed by atoms with Gasteiger partial charge in [-0.3, -0.25) is 19.2 Å². The highest BCUT2D eigenvalue weighted by Crippen LogP contribution is 2.38. The van der Waals surface area contributed by atoms with Crippen LogP contribution in [0.25, 0.3) is 0 Å². The zero-order valence-electron chi connectivity index (χ0n) is 7.12. The van der Waals surface area contributed by atoms with Gasteiger partial charge in [0.1, 0.15) is 6.29 Å². The monoisotopic (exact) mass is 334 g/mol. The summed E-state index contributed by atoms with van der Waals surface area (Å²) in [5.74, 6) is -0.468. The summed E-state index contributed by atoms with van der Waals surface area (Å²) >= 11 is 1.66. The third-order valence-corrected chi connectivity index (χ3v) is 3.56. The Morgan fingerprint density at radius 2 is 2.00 bits per heavy atom. The molecule has 0 spiro atoms. The lowest BCUT2D eigenvalue weighted by Gasteiger charge is -2.17. The van der Waals surface area contributed by atoms with E-state index in [9.17, 15) is 14.2 Å². The molecular weight excluding hydrogens is 326 g/mol. The number of rotatable bonds is 2. The third kappa shape index (κ3) is 2.25. The summed E-state index contributed by atoms with van der Waals surface area (Å²) in [6.45, 7) is 0. The number of imide groups is 1. The van der Waals surface area contributed by atoms with Crippen molar-refractivity contribution >= 4 is 42.1 Å². The number of urea groups is 1. The Morgan fingerprint density at radius 1 is 1.50 bits per heavy atom. The van der Waals surface area contributed by atoms with Crippen LogP contribution in [-0.2, 0) is 9.36 Å². The Balaban J connectivity index is 2.86. The molecule has 0 aromatic rings. The molecule has 1 atom stereocenters. The summed E-state index contributed by atoms with van der Waals surface area (Å²) < 4.78 is 9.82. The van der Waals surface area contributed by atoms with Crippen LogP contribution in [-0.4, -0.2) is 48.9 Å². The summed E-state index contributed by atoms with van der Waals surface area (Å²) in [6.07, 6.45) is -0.727. The molecule has 0 aliphatic carbocycles. The van der Waals surface area contributed by atoms with E-state index < -0.39 is 29.9 Å². The van der Waals surface area contributed by atoms with Crippen LogP contribution in [0.4, 0.5) is 4.79 Å². The van der Waals surface area contributed by atoms with E-state index in [1.165, 1.54) is 7.05 Å². The Labute approximate surface area is 93.3 Å². The van der Waals surface area contributed by atoms with Gasteiger partial charge in [-0.05, 0) is 22.6 Å². The van der Waals surface area contributed by atoms with E-state index >= 15 is 0 Å². The lowest BCUT2D eigenvalue weighted by atomic mass is 10.6. The molecule has 1 aliphatic heterocycles. The number of carbonyl (C=O) groups excluding carboxylic acids is 2. The van der Waals surface area contributed by atoms with E-state index in [0.717, 1.165) is 9.80 Å². The third-order valence-electron chi connectivity index (χ3n) is 1.68. The van der Waals surface area contributed by atoms with Gasteiger partial charge in [0.25, 0.3) is 5.91 Å². The second-order valence-electron chi connectivity index (χ2n) is 2.79. The largest absolute Gasteiger partial charge is 0.344 e. The summed E-state index contributed by atoms with van der Waals surface area (Å²) in [7, 11) is -3.05. The van der Waals surface area contributed by atoms with Gasteiger partial charge in [0.2, 0.25) is 0 Å². The number of alkyl halides is 1. The number of likely N-dealkylation sites (N-methyl/N-ethyl adjacent to an activating group) is 1. The van der Waals surface area contributed by atoms with Gasteiger partial charge >= 0.3 is 13.6 Å². The molecule has 1 heterocycles. The van der Waals surface area contributed by atoms with Crippen LogP contribution >= 0.6 is 30.2 Å². The van der Waals surface area contributed by atoms with E-state index in [2.05, 4.69) is 0 Å². The molecule has 2 N–H and O–H groups in total. The lowest BCUT2D eigenvalue weighted by Crippen LogP contribution is -2.32. The molecule has 80 valence electrons. The highest BCUT2D eigenvalue weighted by Gasteiger charge is 2.43. The number of hydrogen-bond acceptors (Lipinski definition) is 3. The maximum Gasteiger partial charge on any atom is 0.344 e. The molecule has 0 radical (unpaired) electrons. The first-order valence-corrected chi connectivity index (χ1v) is 6.55. The Kier molecular flexibility index (Phi) is 3.20. The van der Waals surface area contributed by atoms with Crippen LogP contribution in [0.15, 0.2) is 0 Å². The predicted octanol–water partition coefficient (Wildman–Crippen LogP) is -0.223. The summed E-state index contributed by atoms with van der Waals surface area (Å²) in [5.41, 5.74) is 0. The normalized spacial score (nSPS) is 23.6. The molecule has 7 nitrogen and oxygen atoms in total. The van der Waals surface area contributed by atoms with Crippen molar-refractivity contribution in [1.82, 2.24) is 9.80 Å². The van der Waals surface area contributed by atoms with Crippen molar-refractivity contribution in [2.45, 2.75) is 4.05 Å². The average molecular weight is 334 g/mol. The Hall–Kier alpha value is -0.180. The molecule has 1 fully saturated rings. The number of halogens is 1. The van der Waals surface area contributed by atoms with Crippen molar-refractivity contribution in [2.75, 3.05) is 13.3 Å². The van der Waals surface area contributed by atoms with Gasteiger partial charge < -0.3 is 9.79 Å². The van der Waals surface area contributed by atoms with Crippen molar-refractivity contribution < 1.29 is 23.9 Å². The van der Waals surface area contributed by atoms with Gasteiger partial charge in [-0.1, -0.05) is 0 Å². The molecule has 0 saturated carbocycles. The molecule has 0 aromatic carbocycles. The van der Waals surface area contributed by atoms with E-state index in [-0.39, 0.29) is 0 Å². The van der Waals surface area contributed by atoms with Crippen LogP contribution in [0, 0.1) is 0 Å². The zero-order chi connectivity index (χ0) is 11.1. The highest BCUT2D eigenvalue weighted by atomic mass is 127. The number of nitrogens with zero attached hydrogens (tertiary/aromatic N) is 2. The van der Waals surface area contributed by atoms with Gasteiger partial charge in [-0.15, -0.1) is 0 Å². The predicted molar refractivity (Wildman–Crippen MR) is 54.7 cm³/mol. The number of hydrogen-bond donors (Lipinski definition) is 2. The average Bonchev–Trinajstić information content (AvgIpc) is 2.20. The molecule has 9 heteroatoms. The fraction of sp³-hybridized carbons (Fsp3) is 0.600. The second-order valence-corrected chi connectivity index (χ2v) is 5.58.